The number of benzene rings is 1. The number of nitrogens with one attached hydrogen (secondary N) is 1. The summed E-state index contributed by atoms with van der Waals surface area (Å²) in [6.07, 6.45) is 6.36. The topological polar surface area (TPSA) is 58.1 Å². The smallest absolute Gasteiger partial charge is 0.274 e. The first kappa shape index (κ1) is 16.4. The molecule has 5 heteroatoms. The Bertz CT molecular complexity index is 721. The van der Waals surface area contributed by atoms with Gasteiger partial charge in [0.05, 0.1) is 0 Å². The Balaban J connectivity index is 1.74. The van der Waals surface area contributed by atoms with Crippen LogP contribution in [0.5, 0.6) is 0 Å². The molecule has 0 spiro atoms. The molecule has 5 nitrogen and oxygen atoms in total. The minimum Gasteiger partial charge on any atom is -0.357 e. The maximum absolute atomic E-state index is 12.5. The SMILES string of the molecule is Cc1ccc(NC(=O)c2cc(N3CCCCCC3)ncn2)cc1C. The number of nitrogens with zero attached hydrogens (tertiary/aromatic N) is 3. The van der Waals surface area contributed by atoms with E-state index in [2.05, 4.69) is 27.1 Å². The van der Waals surface area contributed by atoms with E-state index in [4.69, 9.17) is 0 Å². The van der Waals surface area contributed by atoms with Crippen LogP contribution < -0.4 is 10.2 Å². The molecule has 1 aliphatic heterocycles. The normalized spacial score (nSPS) is 15.0. The number of aryl methyl sites for hydroxylation is 2. The van der Waals surface area contributed by atoms with Crippen molar-refractivity contribution in [2.75, 3.05) is 23.3 Å². The summed E-state index contributed by atoms with van der Waals surface area (Å²) >= 11 is 0. The van der Waals surface area contributed by atoms with E-state index >= 15 is 0 Å². The number of anilines is 2. The van der Waals surface area contributed by atoms with Gasteiger partial charge in [0.1, 0.15) is 17.8 Å². The van der Waals surface area contributed by atoms with Crippen molar-refractivity contribution in [1.29, 1.82) is 0 Å². The molecule has 3 rings (SSSR count). The van der Waals surface area contributed by atoms with Gasteiger partial charge in [0.15, 0.2) is 0 Å². The molecule has 2 aromatic rings. The lowest BCUT2D eigenvalue weighted by molar-refractivity contribution is 0.102. The lowest BCUT2D eigenvalue weighted by Gasteiger charge is -2.21. The zero-order valence-electron chi connectivity index (χ0n) is 14.4. The van der Waals surface area contributed by atoms with Gasteiger partial charge < -0.3 is 10.2 Å². The fraction of sp³-hybridized carbons (Fsp3) is 0.421. The zero-order valence-corrected chi connectivity index (χ0v) is 14.4. The third-order valence-electron chi connectivity index (χ3n) is 4.58. The quantitative estimate of drug-likeness (QED) is 0.934. The lowest BCUT2D eigenvalue weighted by atomic mass is 10.1. The third-order valence-corrected chi connectivity index (χ3v) is 4.58. The largest absolute Gasteiger partial charge is 0.357 e. The van der Waals surface area contributed by atoms with Crippen molar-refractivity contribution in [2.24, 2.45) is 0 Å². The highest BCUT2D eigenvalue weighted by atomic mass is 16.1. The van der Waals surface area contributed by atoms with Crippen molar-refractivity contribution in [3.8, 4) is 0 Å². The number of hydrogen-bond acceptors (Lipinski definition) is 4. The van der Waals surface area contributed by atoms with Gasteiger partial charge in [-0.05, 0) is 49.9 Å². The Labute approximate surface area is 143 Å². The molecular weight excluding hydrogens is 300 g/mol. The monoisotopic (exact) mass is 324 g/mol. The standard InChI is InChI=1S/C19H24N4O/c1-14-7-8-16(11-15(14)2)22-19(24)17-12-18(21-13-20-17)23-9-5-3-4-6-10-23/h7-8,11-13H,3-6,9-10H2,1-2H3,(H,22,24). The second kappa shape index (κ2) is 7.43. The van der Waals surface area contributed by atoms with Crippen molar-refractivity contribution in [3.05, 3.63) is 47.4 Å². The molecule has 2 heterocycles. The fourth-order valence-electron chi connectivity index (χ4n) is 2.96. The summed E-state index contributed by atoms with van der Waals surface area (Å²) in [5.41, 5.74) is 3.56. The zero-order chi connectivity index (χ0) is 16.9. The first-order chi connectivity index (χ1) is 11.6. The van der Waals surface area contributed by atoms with Crippen LogP contribution in [0.15, 0.2) is 30.6 Å². The van der Waals surface area contributed by atoms with Crippen LogP contribution in [0.1, 0.15) is 47.3 Å². The summed E-state index contributed by atoms with van der Waals surface area (Å²) in [5, 5.41) is 2.92. The average molecular weight is 324 g/mol. The van der Waals surface area contributed by atoms with Gasteiger partial charge in [-0.2, -0.15) is 0 Å². The Morgan fingerprint density at radius 3 is 2.46 bits per heavy atom. The van der Waals surface area contributed by atoms with Crippen molar-refractivity contribution in [1.82, 2.24) is 9.97 Å². The number of carbonyl (C=O) groups excluding carboxylic acids is 1. The minimum absolute atomic E-state index is 0.197. The lowest BCUT2D eigenvalue weighted by Crippen LogP contribution is -2.25. The molecule has 1 N–H and O–H groups in total. The second-order valence-electron chi connectivity index (χ2n) is 6.42. The van der Waals surface area contributed by atoms with Crippen LogP contribution in [0.25, 0.3) is 0 Å². The van der Waals surface area contributed by atoms with Crippen LogP contribution in [0.3, 0.4) is 0 Å². The Kier molecular flexibility index (Phi) is 5.08. The molecular formula is C19H24N4O. The number of carbonyl (C=O) groups is 1. The van der Waals surface area contributed by atoms with Gasteiger partial charge in [0.2, 0.25) is 0 Å². The molecule has 1 fully saturated rings. The maximum Gasteiger partial charge on any atom is 0.274 e. The Hall–Kier alpha value is -2.43. The first-order valence-electron chi connectivity index (χ1n) is 8.59. The molecule has 0 atom stereocenters. The molecule has 0 bridgehead atoms. The molecule has 1 amide bonds. The second-order valence-corrected chi connectivity index (χ2v) is 6.42. The summed E-state index contributed by atoms with van der Waals surface area (Å²) in [6.45, 7) is 6.08. The van der Waals surface area contributed by atoms with Crippen molar-refractivity contribution < 1.29 is 4.79 Å². The van der Waals surface area contributed by atoms with Crippen LogP contribution in [0.4, 0.5) is 11.5 Å². The molecule has 1 aromatic heterocycles. The van der Waals surface area contributed by atoms with Gasteiger partial charge in [-0.3, -0.25) is 4.79 Å². The summed E-state index contributed by atoms with van der Waals surface area (Å²) in [6, 6.07) is 7.69. The summed E-state index contributed by atoms with van der Waals surface area (Å²) in [4.78, 5) is 23.2. The van der Waals surface area contributed by atoms with E-state index in [0.717, 1.165) is 30.2 Å². The predicted molar refractivity (Wildman–Crippen MR) is 96.6 cm³/mol. The van der Waals surface area contributed by atoms with Gasteiger partial charge in [-0.15, -0.1) is 0 Å². The van der Waals surface area contributed by atoms with Crippen LogP contribution in [-0.2, 0) is 0 Å². The van der Waals surface area contributed by atoms with Crippen molar-refractivity contribution in [2.45, 2.75) is 39.5 Å². The Morgan fingerprint density at radius 1 is 1.00 bits per heavy atom. The van der Waals surface area contributed by atoms with Gasteiger partial charge >= 0.3 is 0 Å². The van der Waals surface area contributed by atoms with E-state index in [1.807, 2.05) is 25.1 Å². The minimum atomic E-state index is -0.197. The number of rotatable bonds is 3. The van der Waals surface area contributed by atoms with Gasteiger partial charge in [-0.1, -0.05) is 18.9 Å². The summed E-state index contributed by atoms with van der Waals surface area (Å²) in [7, 11) is 0. The highest BCUT2D eigenvalue weighted by molar-refractivity contribution is 6.03. The first-order valence-corrected chi connectivity index (χ1v) is 8.59. The molecule has 1 aromatic carbocycles. The molecule has 0 saturated carbocycles. The third kappa shape index (κ3) is 3.91. The number of aromatic nitrogens is 2. The van der Waals surface area contributed by atoms with Crippen LogP contribution >= 0.6 is 0 Å². The highest BCUT2D eigenvalue weighted by Gasteiger charge is 2.15. The van der Waals surface area contributed by atoms with E-state index in [1.54, 1.807) is 6.07 Å². The molecule has 0 radical (unpaired) electrons. The van der Waals surface area contributed by atoms with E-state index in [9.17, 15) is 4.79 Å². The number of hydrogen-bond donors (Lipinski definition) is 1. The van der Waals surface area contributed by atoms with Gasteiger partial charge in [-0.25, -0.2) is 9.97 Å². The highest BCUT2D eigenvalue weighted by Crippen LogP contribution is 2.19. The molecule has 1 saturated heterocycles. The van der Waals surface area contributed by atoms with E-state index in [-0.39, 0.29) is 5.91 Å². The van der Waals surface area contributed by atoms with Crippen LogP contribution in [-0.4, -0.2) is 29.0 Å². The molecule has 126 valence electrons. The maximum atomic E-state index is 12.5. The van der Waals surface area contributed by atoms with Crippen molar-refractivity contribution in [3.63, 3.8) is 0 Å². The molecule has 0 aliphatic carbocycles. The van der Waals surface area contributed by atoms with Gasteiger partial charge in [0, 0.05) is 24.8 Å². The fourth-order valence-corrected chi connectivity index (χ4v) is 2.96. The Morgan fingerprint density at radius 2 is 1.75 bits per heavy atom. The van der Waals surface area contributed by atoms with Gasteiger partial charge in [0.25, 0.3) is 5.91 Å². The van der Waals surface area contributed by atoms with E-state index < -0.39 is 0 Å². The molecule has 0 unspecified atom stereocenters. The van der Waals surface area contributed by atoms with Crippen LogP contribution in [0.2, 0.25) is 0 Å². The number of amides is 1. The molecule has 1 aliphatic rings. The van der Waals surface area contributed by atoms with Crippen molar-refractivity contribution >= 4 is 17.4 Å². The summed E-state index contributed by atoms with van der Waals surface area (Å²) in [5.74, 6) is 0.647. The summed E-state index contributed by atoms with van der Waals surface area (Å²) < 4.78 is 0. The van der Waals surface area contributed by atoms with E-state index in [0.29, 0.717) is 5.69 Å². The molecule has 24 heavy (non-hydrogen) atoms. The van der Waals surface area contributed by atoms with Crippen LogP contribution in [0, 0.1) is 13.8 Å². The predicted octanol–water partition coefficient (Wildman–Crippen LogP) is 3.73. The average Bonchev–Trinajstić information content (AvgIpc) is 2.88. The van der Waals surface area contributed by atoms with E-state index in [1.165, 1.54) is 37.6 Å².